The molecule has 2 aromatic heterocycles. The van der Waals surface area contributed by atoms with Crippen LogP contribution in [0.15, 0.2) is 18.3 Å². The summed E-state index contributed by atoms with van der Waals surface area (Å²) in [7, 11) is 0. The van der Waals surface area contributed by atoms with E-state index >= 15 is 0 Å². The molecule has 3 heterocycles. The van der Waals surface area contributed by atoms with E-state index in [1.54, 1.807) is 6.20 Å². The molecule has 3 rings (SSSR count). The van der Waals surface area contributed by atoms with Gasteiger partial charge in [-0.2, -0.15) is 4.98 Å². The van der Waals surface area contributed by atoms with E-state index in [-0.39, 0.29) is 0 Å². The number of anilines is 1. The van der Waals surface area contributed by atoms with E-state index in [1.807, 2.05) is 19.1 Å². The van der Waals surface area contributed by atoms with Crippen molar-refractivity contribution in [3.8, 4) is 11.4 Å². The highest BCUT2D eigenvalue weighted by atomic mass is 15.4. The van der Waals surface area contributed by atoms with Crippen molar-refractivity contribution in [3.05, 3.63) is 24.0 Å². The van der Waals surface area contributed by atoms with Crippen LogP contribution >= 0.6 is 0 Å². The molecule has 19 heavy (non-hydrogen) atoms. The number of aryl methyl sites for hydroxylation is 1. The standard InChI is InChI=1S/C13H18N6/c1-9-8-19(7-6-14-9)13-16-12(17-18-13)11-4-3-5-15-10(11)2/h3-5,9,14H,6-8H2,1-2H3,(H,16,17,18)/t9-/m0/s1. The van der Waals surface area contributed by atoms with Crippen LogP contribution < -0.4 is 10.2 Å². The minimum atomic E-state index is 0.468. The summed E-state index contributed by atoms with van der Waals surface area (Å²) in [6.07, 6.45) is 1.79. The van der Waals surface area contributed by atoms with Gasteiger partial charge in [0, 0.05) is 43.1 Å². The Kier molecular flexibility index (Phi) is 3.16. The molecule has 0 aliphatic carbocycles. The molecule has 1 aliphatic rings. The van der Waals surface area contributed by atoms with E-state index in [4.69, 9.17) is 0 Å². The fourth-order valence-electron chi connectivity index (χ4n) is 2.36. The molecule has 0 radical (unpaired) electrons. The number of hydrogen-bond donors (Lipinski definition) is 2. The van der Waals surface area contributed by atoms with Crippen LogP contribution in [-0.4, -0.2) is 45.8 Å². The third-order valence-corrected chi connectivity index (χ3v) is 3.39. The zero-order valence-electron chi connectivity index (χ0n) is 11.2. The fourth-order valence-corrected chi connectivity index (χ4v) is 2.36. The molecule has 1 fully saturated rings. The lowest BCUT2D eigenvalue weighted by molar-refractivity contribution is 0.480. The van der Waals surface area contributed by atoms with E-state index in [9.17, 15) is 0 Å². The second kappa shape index (κ2) is 4.97. The Morgan fingerprint density at radius 3 is 3.11 bits per heavy atom. The largest absolute Gasteiger partial charge is 0.337 e. The van der Waals surface area contributed by atoms with Gasteiger partial charge >= 0.3 is 0 Å². The molecular weight excluding hydrogens is 240 g/mol. The van der Waals surface area contributed by atoms with Crippen LogP contribution in [0.25, 0.3) is 11.4 Å². The Balaban J connectivity index is 1.85. The van der Waals surface area contributed by atoms with Crippen LogP contribution in [0.4, 0.5) is 5.95 Å². The summed E-state index contributed by atoms with van der Waals surface area (Å²) in [6.45, 7) is 6.99. The summed E-state index contributed by atoms with van der Waals surface area (Å²) in [4.78, 5) is 11.1. The highest BCUT2D eigenvalue weighted by Crippen LogP contribution is 2.20. The Morgan fingerprint density at radius 1 is 1.42 bits per heavy atom. The van der Waals surface area contributed by atoms with Gasteiger partial charge in [-0.05, 0) is 26.0 Å². The molecule has 0 bridgehead atoms. The number of hydrogen-bond acceptors (Lipinski definition) is 5. The van der Waals surface area contributed by atoms with E-state index in [0.717, 1.165) is 42.7 Å². The second-order valence-corrected chi connectivity index (χ2v) is 4.92. The Labute approximate surface area is 112 Å². The second-order valence-electron chi connectivity index (χ2n) is 4.92. The molecule has 0 saturated carbocycles. The molecule has 1 atom stereocenters. The van der Waals surface area contributed by atoms with E-state index in [0.29, 0.717) is 6.04 Å². The van der Waals surface area contributed by atoms with Crippen molar-refractivity contribution in [1.82, 2.24) is 25.5 Å². The first-order valence-electron chi connectivity index (χ1n) is 6.57. The highest BCUT2D eigenvalue weighted by molar-refractivity contribution is 5.58. The van der Waals surface area contributed by atoms with Gasteiger partial charge in [0.2, 0.25) is 5.95 Å². The van der Waals surface area contributed by atoms with Crippen molar-refractivity contribution in [2.24, 2.45) is 0 Å². The number of aromatic nitrogens is 4. The first kappa shape index (κ1) is 12.1. The highest BCUT2D eigenvalue weighted by Gasteiger charge is 2.19. The molecule has 6 nitrogen and oxygen atoms in total. The predicted octanol–water partition coefficient (Wildman–Crippen LogP) is 0.973. The van der Waals surface area contributed by atoms with Crippen molar-refractivity contribution in [2.75, 3.05) is 24.5 Å². The summed E-state index contributed by atoms with van der Waals surface area (Å²) in [6, 6.07) is 4.39. The minimum Gasteiger partial charge on any atom is -0.337 e. The number of aromatic amines is 1. The molecule has 2 N–H and O–H groups in total. The van der Waals surface area contributed by atoms with Gasteiger partial charge in [-0.25, -0.2) is 0 Å². The van der Waals surface area contributed by atoms with Crippen molar-refractivity contribution in [3.63, 3.8) is 0 Å². The topological polar surface area (TPSA) is 69.7 Å². The number of piperazine rings is 1. The van der Waals surface area contributed by atoms with E-state index in [2.05, 4.69) is 37.3 Å². The summed E-state index contributed by atoms with van der Waals surface area (Å²) >= 11 is 0. The summed E-state index contributed by atoms with van der Waals surface area (Å²) in [5.74, 6) is 1.55. The summed E-state index contributed by atoms with van der Waals surface area (Å²) < 4.78 is 0. The smallest absolute Gasteiger partial charge is 0.245 e. The maximum Gasteiger partial charge on any atom is 0.245 e. The lowest BCUT2D eigenvalue weighted by Crippen LogP contribution is -2.49. The van der Waals surface area contributed by atoms with Crippen molar-refractivity contribution >= 4 is 5.95 Å². The van der Waals surface area contributed by atoms with E-state index < -0.39 is 0 Å². The van der Waals surface area contributed by atoms with Gasteiger partial charge in [0.25, 0.3) is 0 Å². The SMILES string of the molecule is Cc1ncccc1-c1nc(N2CCN[C@@H](C)C2)n[nH]1. The van der Waals surface area contributed by atoms with Crippen LogP contribution in [0.5, 0.6) is 0 Å². The molecule has 0 amide bonds. The van der Waals surface area contributed by atoms with Crippen molar-refractivity contribution in [2.45, 2.75) is 19.9 Å². The first-order valence-corrected chi connectivity index (χ1v) is 6.57. The van der Waals surface area contributed by atoms with E-state index in [1.165, 1.54) is 0 Å². The van der Waals surface area contributed by atoms with Gasteiger partial charge in [-0.1, -0.05) is 0 Å². The molecular formula is C13H18N6. The van der Waals surface area contributed by atoms with Gasteiger partial charge in [0.05, 0.1) is 0 Å². The Hall–Kier alpha value is -1.95. The molecule has 1 saturated heterocycles. The Morgan fingerprint density at radius 2 is 2.32 bits per heavy atom. The van der Waals surface area contributed by atoms with Crippen LogP contribution in [0.1, 0.15) is 12.6 Å². The van der Waals surface area contributed by atoms with Crippen molar-refractivity contribution < 1.29 is 0 Å². The normalized spacial score (nSPS) is 19.7. The van der Waals surface area contributed by atoms with Gasteiger partial charge in [0.15, 0.2) is 5.82 Å². The molecule has 0 unspecified atom stereocenters. The molecule has 6 heteroatoms. The van der Waals surface area contributed by atoms with Gasteiger partial charge in [0.1, 0.15) is 0 Å². The molecule has 100 valence electrons. The maximum absolute atomic E-state index is 4.59. The van der Waals surface area contributed by atoms with Crippen LogP contribution in [0.2, 0.25) is 0 Å². The van der Waals surface area contributed by atoms with Crippen molar-refractivity contribution in [1.29, 1.82) is 0 Å². The molecule has 0 aromatic carbocycles. The average Bonchev–Trinajstić information content (AvgIpc) is 2.89. The van der Waals surface area contributed by atoms with Gasteiger partial charge < -0.3 is 10.2 Å². The predicted molar refractivity (Wildman–Crippen MR) is 74.0 cm³/mol. The molecule has 2 aromatic rings. The third-order valence-electron chi connectivity index (χ3n) is 3.39. The zero-order chi connectivity index (χ0) is 13.2. The minimum absolute atomic E-state index is 0.468. The fraction of sp³-hybridized carbons (Fsp3) is 0.462. The number of rotatable bonds is 2. The monoisotopic (exact) mass is 258 g/mol. The van der Waals surface area contributed by atoms with Gasteiger partial charge in [-0.15, -0.1) is 5.10 Å². The molecule has 0 spiro atoms. The van der Waals surface area contributed by atoms with Gasteiger partial charge in [-0.3, -0.25) is 10.1 Å². The number of pyridine rings is 1. The number of nitrogens with one attached hydrogen (secondary N) is 2. The maximum atomic E-state index is 4.59. The van der Waals surface area contributed by atoms with Crippen LogP contribution in [0, 0.1) is 6.92 Å². The lowest BCUT2D eigenvalue weighted by Gasteiger charge is -2.30. The van der Waals surface area contributed by atoms with Crippen LogP contribution in [0.3, 0.4) is 0 Å². The summed E-state index contributed by atoms with van der Waals surface area (Å²) in [5, 5.41) is 10.7. The number of H-pyrrole nitrogens is 1. The quantitative estimate of drug-likeness (QED) is 0.840. The zero-order valence-corrected chi connectivity index (χ0v) is 11.2. The Bertz CT molecular complexity index is 564. The molecule has 1 aliphatic heterocycles. The number of nitrogens with zero attached hydrogens (tertiary/aromatic N) is 4. The lowest BCUT2D eigenvalue weighted by atomic mass is 10.2. The first-order chi connectivity index (χ1) is 9.24. The summed E-state index contributed by atoms with van der Waals surface area (Å²) in [5.41, 5.74) is 1.96. The third kappa shape index (κ3) is 2.44. The average molecular weight is 258 g/mol. The van der Waals surface area contributed by atoms with Crippen LogP contribution in [-0.2, 0) is 0 Å².